The van der Waals surface area contributed by atoms with Gasteiger partial charge < -0.3 is 20.6 Å². The van der Waals surface area contributed by atoms with Gasteiger partial charge in [-0.05, 0) is 43.9 Å². The van der Waals surface area contributed by atoms with Crippen LogP contribution in [-0.2, 0) is 0 Å². The molecule has 0 spiro atoms. The van der Waals surface area contributed by atoms with Crippen LogP contribution in [0.5, 0.6) is 0 Å². The molecule has 1 aliphatic rings. The van der Waals surface area contributed by atoms with Crippen molar-refractivity contribution in [1.82, 2.24) is 4.90 Å². The normalized spacial score (nSPS) is 17.6. The van der Waals surface area contributed by atoms with Crippen molar-refractivity contribution in [3.63, 3.8) is 0 Å². The summed E-state index contributed by atoms with van der Waals surface area (Å²) < 4.78 is 0. The highest BCUT2D eigenvalue weighted by atomic mass is 16.3. The van der Waals surface area contributed by atoms with Gasteiger partial charge in [-0.3, -0.25) is 4.79 Å². The van der Waals surface area contributed by atoms with Gasteiger partial charge >= 0.3 is 0 Å². The second kappa shape index (κ2) is 6.35. The largest absolute Gasteiger partial charge is 0.399 e. The monoisotopic (exact) mass is 291 g/mol. The molecule has 1 aliphatic heterocycles. The number of amides is 1. The van der Waals surface area contributed by atoms with E-state index in [0.29, 0.717) is 30.3 Å². The van der Waals surface area contributed by atoms with Crippen molar-refractivity contribution in [2.24, 2.45) is 5.92 Å². The van der Waals surface area contributed by atoms with Crippen LogP contribution < -0.4 is 10.6 Å². The SMILES string of the molecule is CC(O)C1CCN(C(=O)c2cc(N)ccc2N(C)C)CC1. The van der Waals surface area contributed by atoms with E-state index in [9.17, 15) is 9.90 Å². The van der Waals surface area contributed by atoms with E-state index in [1.165, 1.54) is 0 Å². The number of nitrogens with two attached hydrogens (primary N) is 1. The third-order valence-electron chi connectivity index (χ3n) is 4.24. The van der Waals surface area contributed by atoms with Gasteiger partial charge in [0.05, 0.1) is 11.7 Å². The maximum absolute atomic E-state index is 12.7. The summed E-state index contributed by atoms with van der Waals surface area (Å²) in [6.45, 7) is 3.20. The Balaban J connectivity index is 2.16. The maximum atomic E-state index is 12.7. The minimum absolute atomic E-state index is 0.0232. The molecule has 1 atom stereocenters. The lowest BCUT2D eigenvalue weighted by molar-refractivity contribution is 0.0522. The molecule has 1 fully saturated rings. The van der Waals surface area contributed by atoms with Gasteiger partial charge in [0.2, 0.25) is 0 Å². The topological polar surface area (TPSA) is 69.8 Å². The number of carbonyl (C=O) groups is 1. The number of anilines is 2. The minimum atomic E-state index is -0.299. The Hall–Kier alpha value is -1.75. The molecular weight excluding hydrogens is 266 g/mol. The van der Waals surface area contributed by atoms with Gasteiger partial charge in [0.25, 0.3) is 5.91 Å². The van der Waals surface area contributed by atoms with Crippen LogP contribution in [0, 0.1) is 5.92 Å². The summed E-state index contributed by atoms with van der Waals surface area (Å²) in [4.78, 5) is 16.5. The number of likely N-dealkylation sites (tertiary alicyclic amines) is 1. The molecule has 1 saturated heterocycles. The molecule has 0 radical (unpaired) electrons. The zero-order chi connectivity index (χ0) is 15.6. The van der Waals surface area contributed by atoms with Gasteiger partial charge in [0, 0.05) is 38.6 Å². The first-order chi connectivity index (χ1) is 9.90. The van der Waals surface area contributed by atoms with E-state index in [1.54, 1.807) is 6.07 Å². The first kappa shape index (κ1) is 15.6. The number of nitrogens with zero attached hydrogens (tertiary/aromatic N) is 2. The highest BCUT2D eigenvalue weighted by Gasteiger charge is 2.27. The van der Waals surface area contributed by atoms with Crippen molar-refractivity contribution >= 4 is 17.3 Å². The van der Waals surface area contributed by atoms with Crippen molar-refractivity contribution in [3.8, 4) is 0 Å². The number of hydrogen-bond donors (Lipinski definition) is 2. The summed E-state index contributed by atoms with van der Waals surface area (Å²) in [5.41, 5.74) is 7.96. The van der Waals surface area contributed by atoms with Crippen LogP contribution in [0.15, 0.2) is 18.2 Å². The second-order valence-electron chi connectivity index (χ2n) is 6.04. The number of carbonyl (C=O) groups excluding carboxylic acids is 1. The fraction of sp³-hybridized carbons (Fsp3) is 0.562. The molecule has 1 unspecified atom stereocenters. The zero-order valence-corrected chi connectivity index (χ0v) is 13.0. The van der Waals surface area contributed by atoms with Crippen LogP contribution in [-0.4, -0.2) is 49.2 Å². The fourth-order valence-electron chi connectivity index (χ4n) is 2.87. The number of nitrogen functional groups attached to an aromatic ring is 1. The van der Waals surface area contributed by atoms with E-state index >= 15 is 0 Å². The van der Waals surface area contributed by atoms with E-state index < -0.39 is 0 Å². The van der Waals surface area contributed by atoms with E-state index in [2.05, 4.69) is 0 Å². The molecular formula is C16H25N3O2. The molecule has 2 rings (SSSR count). The average molecular weight is 291 g/mol. The fourth-order valence-corrected chi connectivity index (χ4v) is 2.87. The van der Waals surface area contributed by atoms with Gasteiger partial charge in [-0.2, -0.15) is 0 Å². The Morgan fingerprint density at radius 2 is 2.00 bits per heavy atom. The van der Waals surface area contributed by atoms with Gasteiger partial charge in [-0.15, -0.1) is 0 Å². The minimum Gasteiger partial charge on any atom is -0.399 e. The number of hydrogen-bond acceptors (Lipinski definition) is 4. The van der Waals surface area contributed by atoms with Gasteiger partial charge in [-0.25, -0.2) is 0 Å². The number of rotatable bonds is 3. The Labute approximate surface area is 126 Å². The summed E-state index contributed by atoms with van der Waals surface area (Å²) in [6, 6.07) is 5.44. The summed E-state index contributed by atoms with van der Waals surface area (Å²) in [5, 5.41) is 9.65. The zero-order valence-electron chi connectivity index (χ0n) is 13.0. The van der Waals surface area contributed by atoms with E-state index in [-0.39, 0.29) is 12.0 Å². The quantitative estimate of drug-likeness (QED) is 0.829. The predicted molar refractivity (Wildman–Crippen MR) is 85.5 cm³/mol. The molecule has 0 bridgehead atoms. The van der Waals surface area contributed by atoms with Crippen molar-refractivity contribution in [2.75, 3.05) is 37.8 Å². The molecule has 0 aliphatic carbocycles. The van der Waals surface area contributed by atoms with Crippen molar-refractivity contribution in [3.05, 3.63) is 23.8 Å². The van der Waals surface area contributed by atoms with E-state index in [4.69, 9.17) is 5.73 Å². The van der Waals surface area contributed by atoms with Crippen molar-refractivity contribution in [2.45, 2.75) is 25.9 Å². The molecule has 3 N–H and O–H groups in total. The molecule has 1 heterocycles. The molecule has 1 aromatic rings. The molecule has 21 heavy (non-hydrogen) atoms. The van der Waals surface area contributed by atoms with Crippen LogP contribution in [0.1, 0.15) is 30.1 Å². The highest BCUT2D eigenvalue weighted by Crippen LogP contribution is 2.26. The molecule has 116 valence electrons. The van der Waals surface area contributed by atoms with Gasteiger partial charge in [0.15, 0.2) is 0 Å². The average Bonchev–Trinajstić information content (AvgIpc) is 2.46. The molecule has 5 nitrogen and oxygen atoms in total. The Kier molecular flexibility index (Phi) is 4.73. The highest BCUT2D eigenvalue weighted by molar-refractivity contribution is 6.00. The summed E-state index contributed by atoms with van der Waals surface area (Å²) in [5.74, 6) is 0.318. The first-order valence-electron chi connectivity index (χ1n) is 7.44. The third kappa shape index (κ3) is 3.47. The number of aliphatic hydroxyl groups is 1. The number of benzene rings is 1. The maximum Gasteiger partial charge on any atom is 0.256 e. The third-order valence-corrected chi connectivity index (χ3v) is 4.24. The molecule has 1 amide bonds. The Bertz CT molecular complexity index is 506. The predicted octanol–water partition coefficient (Wildman–Crippen LogP) is 1.57. The summed E-state index contributed by atoms with van der Waals surface area (Å²) in [6.07, 6.45) is 1.40. The van der Waals surface area contributed by atoms with Gasteiger partial charge in [-0.1, -0.05) is 0 Å². The Morgan fingerprint density at radius 1 is 1.38 bits per heavy atom. The lowest BCUT2D eigenvalue weighted by Gasteiger charge is -2.34. The molecule has 1 aromatic carbocycles. The van der Waals surface area contributed by atoms with E-state index in [0.717, 1.165) is 18.5 Å². The molecule has 5 heteroatoms. The van der Waals surface area contributed by atoms with Crippen LogP contribution >= 0.6 is 0 Å². The smallest absolute Gasteiger partial charge is 0.256 e. The standard InChI is InChI=1S/C16H25N3O2/c1-11(20)12-6-8-19(9-7-12)16(21)14-10-13(17)4-5-15(14)18(2)3/h4-5,10-12,20H,6-9,17H2,1-3H3. The Morgan fingerprint density at radius 3 is 2.52 bits per heavy atom. The van der Waals surface area contributed by atoms with Crippen molar-refractivity contribution in [1.29, 1.82) is 0 Å². The number of aliphatic hydroxyl groups excluding tert-OH is 1. The van der Waals surface area contributed by atoms with Crippen LogP contribution in [0.25, 0.3) is 0 Å². The summed E-state index contributed by atoms with van der Waals surface area (Å²) >= 11 is 0. The molecule has 0 aromatic heterocycles. The lowest BCUT2D eigenvalue weighted by Crippen LogP contribution is -2.41. The summed E-state index contributed by atoms with van der Waals surface area (Å²) in [7, 11) is 3.84. The lowest BCUT2D eigenvalue weighted by atomic mass is 9.92. The van der Waals surface area contributed by atoms with Crippen LogP contribution in [0.4, 0.5) is 11.4 Å². The van der Waals surface area contributed by atoms with E-state index in [1.807, 2.05) is 43.0 Å². The second-order valence-corrected chi connectivity index (χ2v) is 6.04. The molecule has 0 saturated carbocycles. The van der Waals surface area contributed by atoms with Gasteiger partial charge in [0.1, 0.15) is 0 Å². The van der Waals surface area contributed by atoms with Crippen molar-refractivity contribution < 1.29 is 9.90 Å². The number of piperidine rings is 1. The van der Waals surface area contributed by atoms with Crippen LogP contribution in [0.3, 0.4) is 0 Å². The first-order valence-corrected chi connectivity index (χ1v) is 7.44. The van der Waals surface area contributed by atoms with Crippen LogP contribution in [0.2, 0.25) is 0 Å².